The predicted octanol–water partition coefficient (Wildman–Crippen LogP) is -1.72. The lowest BCUT2D eigenvalue weighted by molar-refractivity contribution is 0.122. The lowest BCUT2D eigenvalue weighted by Crippen LogP contribution is -2.40. The number of hydrogen-bond donors (Lipinski definition) is 3. The van der Waals surface area contributed by atoms with Crippen LogP contribution in [-0.4, -0.2) is 58.2 Å². The minimum absolute atomic E-state index is 0.0248. The van der Waals surface area contributed by atoms with Crippen LogP contribution >= 0.6 is 0 Å². The molecule has 2 unspecified atom stereocenters. The van der Waals surface area contributed by atoms with E-state index in [0.717, 1.165) is 6.26 Å². The molecule has 0 spiro atoms. The number of rotatable bonds is 6. The summed E-state index contributed by atoms with van der Waals surface area (Å²) in [5.41, 5.74) is 0. The van der Waals surface area contributed by atoms with Crippen molar-refractivity contribution in [1.82, 2.24) is 10.0 Å². The minimum Gasteiger partial charge on any atom is -0.389 e. The second kappa shape index (κ2) is 5.76. The number of ether oxygens (including phenoxy) is 1. The summed E-state index contributed by atoms with van der Waals surface area (Å²) in [6.45, 7) is 1.96. The van der Waals surface area contributed by atoms with Crippen LogP contribution in [-0.2, 0) is 14.8 Å². The smallest absolute Gasteiger partial charge is 0.208 e. The molecule has 1 heterocycles. The van der Waals surface area contributed by atoms with E-state index < -0.39 is 16.1 Å². The first-order valence-corrected chi connectivity index (χ1v) is 6.82. The minimum atomic E-state index is -3.09. The van der Waals surface area contributed by atoms with Gasteiger partial charge in [0.25, 0.3) is 0 Å². The third-order valence-electron chi connectivity index (χ3n) is 2.17. The first-order chi connectivity index (χ1) is 6.99. The molecule has 0 radical (unpaired) electrons. The van der Waals surface area contributed by atoms with Crippen molar-refractivity contribution in [2.75, 3.05) is 32.6 Å². The Labute approximate surface area is 90.1 Å². The molecule has 2 atom stereocenters. The third kappa shape index (κ3) is 5.43. The summed E-state index contributed by atoms with van der Waals surface area (Å²) in [6.07, 6.45) is 1.37. The Bertz CT molecular complexity index is 280. The molecule has 0 bridgehead atoms. The van der Waals surface area contributed by atoms with Crippen molar-refractivity contribution in [3.63, 3.8) is 0 Å². The molecule has 7 heteroatoms. The van der Waals surface area contributed by atoms with Gasteiger partial charge in [-0.15, -0.1) is 0 Å². The van der Waals surface area contributed by atoms with E-state index in [2.05, 4.69) is 10.0 Å². The Hall–Kier alpha value is -0.210. The molecule has 0 amide bonds. The van der Waals surface area contributed by atoms with Crippen LogP contribution in [0.15, 0.2) is 0 Å². The number of nitrogens with one attached hydrogen (secondary N) is 2. The van der Waals surface area contributed by atoms with Crippen LogP contribution in [0, 0.1) is 0 Å². The molecule has 1 aliphatic rings. The molecule has 0 aromatic rings. The zero-order chi connectivity index (χ0) is 11.3. The predicted molar refractivity (Wildman–Crippen MR) is 56.1 cm³/mol. The van der Waals surface area contributed by atoms with Crippen LogP contribution in [0.3, 0.4) is 0 Å². The van der Waals surface area contributed by atoms with Crippen LogP contribution in [0.4, 0.5) is 0 Å². The maximum absolute atomic E-state index is 10.7. The van der Waals surface area contributed by atoms with Crippen molar-refractivity contribution in [3.05, 3.63) is 0 Å². The fourth-order valence-corrected chi connectivity index (χ4v) is 1.89. The zero-order valence-electron chi connectivity index (χ0n) is 8.77. The van der Waals surface area contributed by atoms with E-state index in [0.29, 0.717) is 32.7 Å². The summed E-state index contributed by atoms with van der Waals surface area (Å²) >= 11 is 0. The van der Waals surface area contributed by atoms with Gasteiger partial charge in [-0.1, -0.05) is 0 Å². The lowest BCUT2D eigenvalue weighted by Gasteiger charge is -2.14. The topological polar surface area (TPSA) is 87.7 Å². The molecule has 1 fully saturated rings. The molecule has 0 saturated carbocycles. The van der Waals surface area contributed by atoms with Crippen LogP contribution < -0.4 is 10.0 Å². The lowest BCUT2D eigenvalue weighted by atomic mass is 10.2. The number of aliphatic hydroxyl groups is 1. The highest BCUT2D eigenvalue weighted by atomic mass is 32.2. The normalized spacial score (nSPS) is 27.1. The molecule has 0 aliphatic carbocycles. The largest absolute Gasteiger partial charge is 0.389 e. The van der Waals surface area contributed by atoms with Crippen molar-refractivity contribution in [2.24, 2.45) is 0 Å². The fraction of sp³-hybridized carbons (Fsp3) is 1.00. The summed E-state index contributed by atoms with van der Waals surface area (Å²) in [5.74, 6) is 0. The first-order valence-electron chi connectivity index (χ1n) is 4.93. The molecule has 90 valence electrons. The van der Waals surface area contributed by atoms with Gasteiger partial charge in [0.05, 0.1) is 31.6 Å². The molecule has 6 nitrogen and oxygen atoms in total. The molecule has 0 aromatic carbocycles. The van der Waals surface area contributed by atoms with E-state index in [9.17, 15) is 13.5 Å². The van der Waals surface area contributed by atoms with Crippen molar-refractivity contribution in [3.8, 4) is 0 Å². The average molecular weight is 238 g/mol. The molecule has 1 rings (SSSR count). The van der Waals surface area contributed by atoms with Gasteiger partial charge in [0.15, 0.2) is 0 Å². The molecule has 15 heavy (non-hydrogen) atoms. The Kier molecular flexibility index (Phi) is 4.94. The highest BCUT2D eigenvalue weighted by Crippen LogP contribution is 2.04. The van der Waals surface area contributed by atoms with Crippen LogP contribution in [0.25, 0.3) is 0 Å². The van der Waals surface area contributed by atoms with Crippen LogP contribution in [0.2, 0.25) is 0 Å². The van der Waals surface area contributed by atoms with Crippen molar-refractivity contribution >= 4 is 10.0 Å². The van der Waals surface area contributed by atoms with Gasteiger partial charge >= 0.3 is 0 Å². The highest BCUT2D eigenvalue weighted by molar-refractivity contribution is 7.88. The second-order valence-corrected chi connectivity index (χ2v) is 5.52. The van der Waals surface area contributed by atoms with Gasteiger partial charge in [-0.3, -0.25) is 0 Å². The molecule has 0 aromatic heterocycles. The van der Waals surface area contributed by atoms with Crippen LogP contribution in [0.5, 0.6) is 0 Å². The quantitative estimate of drug-likeness (QED) is 0.479. The van der Waals surface area contributed by atoms with Crippen molar-refractivity contribution < 1.29 is 18.3 Å². The summed E-state index contributed by atoms with van der Waals surface area (Å²) in [4.78, 5) is 0. The summed E-state index contributed by atoms with van der Waals surface area (Å²) in [5, 5.41) is 12.5. The SMILES string of the molecule is CS(=O)(=O)NCCCNC1COCC1O. The maximum Gasteiger partial charge on any atom is 0.208 e. The van der Waals surface area contributed by atoms with E-state index in [-0.39, 0.29) is 6.04 Å². The van der Waals surface area contributed by atoms with Gasteiger partial charge in [-0.2, -0.15) is 0 Å². The van der Waals surface area contributed by atoms with Gasteiger partial charge < -0.3 is 15.2 Å². The average Bonchev–Trinajstić information content (AvgIpc) is 2.49. The summed E-state index contributed by atoms with van der Waals surface area (Å²) < 4.78 is 28.9. The fourth-order valence-electron chi connectivity index (χ4n) is 1.37. The van der Waals surface area contributed by atoms with E-state index in [4.69, 9.17) is 4.74 Å². The van der Waals surface area contributed by atoms with Gasteiger partial charge in [-0.25, -0.2) is 13.1 Å². The molecular weight excluding hydrogens is 220 g/mol. The van der Waals surface area contributed by atoms with E-state index >= 15 is 0 Å². The first kappa shape index (κ1) is 12.9. The number of sulfonamides is 1. The number of aliphatic hydroxyl groups excluding tert-OH is 1. The summed E-state index contributed by atoms with van der Waals surface area (Å²) in [6, 6.07) is -0.0248. The van der Waals surface area contributed by atoms with Crippen LogP contribution in [0.1, 0.15) is 6.42 Å². The zero-order valence-corrected chi connectivity index (χ0v) is 9.59. The van der Waals surface area contributed by atoms with Gasteiger partial charge in [0.1, 0.15) is 0 Å². The molecule has 1 saturated heterocycles. The van der Waals surface area contributed by atoms with Gasteiger partial charge in [0.2, 0.25) is 10.0 Å². The van der Waals surface area contributed by atoms with E-state index in [1.807, 2.05) is 0 Å². The Morgan fingerprint density at radius 3 is 2.67 bits per heavy atom. The Morgan fingerprint density at radius 1 is 1.40 bits per heavy atom. The molecule has 3 N–H and O–H groups in total. The van der Waals surface area contributed by atoms with E-state index in [1.54, 1.807) is 0 Å². The van der Waals surface area contributed by atoms with Crippen molar-refractivity contribution in [2.45, 2.75) is 18.6 Å². The summed E-state index contributed by atoms with van der Waals surface area (Å²) in [7, 11) is -3.09. The van der Waals surface area contributed by atoms with Gasteiger partial charge in [-0.05, 0) is 13.0 Å². The molecule has 1 aliphatic heterocycles. The van der Waals surface area contributed by atoms with Crippen molar-refractivity contribution in [1.29, 1.82) is 0 Å². The Morgan fingerprint density at radius 2 is 2.13 bits per heavy atom. The second-order valence-electron chi connectivity index (χ2n) is 3.69. The Balaban J connectivity index is 2.02. The standard InChI is InChI=1S/C8H18N2O4S/c1-15(12,13)10-4-2-3-9-7-5-14-6-8(7)11/h7-11H,2-6H2,1H3. The highest BCUT2D eigenvalue weighted by Gasteiger charge is 2.24. The third-order valence-corrected chi connectivity index (χ3v) is 2.90. The monoisotopic (exact) mass is 238 g/mol. The number of hydrogen-bond acceptors (Lipinski definition) is 5. The van der Waals surface area contributed by atoms with Gasteiger partial charge in [0, 0.05) is 6.54 Å². The van der Waals surface area contributed by atoms with E-state index in [1.165, 1.54) is 0 Å². The maximum atomic E-state index is 10.7. The molecular formula is C8H18N2O4S.